The van der Waals surface area contributed by atoms with Crippen LogP contribution in [0.15, 0.2) is 71.6 Å². The molecule has 1 heterocycles. The second-order valence-corrected chi connectivity index (χ2v) is 12.0. The summed E-state index contributed by atoms with van der Waals surface area (Å²) >= 11 is 11.8. The van der Waals surface area contributed by atoms with Crippen LogP contribution in [-0.2, 0) is 27.8 Å². The van der Waals surface area contributed by atoms with Crippen molar-refractivity contribution in [2.24, 2.45) is 0 Å². The summed E-state index contributed by atoms with van der Waals surface area (Å²) in [6.45, 7) is 1.27. The summed E-state index contributed by atoms with van der Waals surface area (Å²) in [5.41, 5.74) is 1.40. The van der Waals surface area contributed by atoms with Crippen molar-refractivity contribution in [2.75, 3.05) is 13.1 Å². The van der Waals surface area contributed by atoms with Gasteiger partial charge in [0.25, 0.3) is 5.91 Å². The first kappa shape index (κ1) is 30.3. The zero-order chi connectivity index (χ0) is 29.6. The Morgan fingerprint density at radius 3 is 2.07 bits per heavy atom. The van der Waals surface area contributed by atoms with E-state index in [9.17, 15) is 27.9 Å². The van der Waals surface area contributed by atoms with Crippen LogP contribution in [0.25, 0.3) is 0 Å². The van der Waals surface area contributed by atoms with Crippen LogP contribution in [0.4, 0.5) is 4.79 Å². The minimum absolute atomic E-state index is 0.00874. The van der Waals surface area contributed by atoms with E-state index in [1.54, 1.807) is 41.3 Å². The molecule has 0 saturated carbocycles. The number of likely N-dealkylation sites (tertiary alicyclic amines) is 1. The van der Waals surface area contributed by atoms with E-state index in [0.717, 1.165) is 12.8 Å². The summed E-state index contributed by atoms with van der Waals surface area (Å²) in [7, 11) is -3.89. The second kappa shape index (κ2) is 13.3. The zero-order valence-electron chi connectivity index (χ0n) is 21.7. The fourth-order valence-electron chi connectivity index (χ4n) is 4.16. The Bertz CT molecular complexity index is 1500. The first-order valence-electron chi connectivity index (χ1n) is 12.6. The number of aliphatic carboxylic acids is 1. The van der Waals surface area contributed by atoms with E-state index < -0.39 is 34.0 Å². The predicted molar refractivity (Wildman–Crippen MR) is 153 cm³/mol. The molecule has 1 fully saturated rings. The van der Waals surface area contributed by atoms with Gasteiger partial charge in [0.2, 0.25) is 10.0 Å². The van der Waals surface area contributed by atoms with Gasteiger partial charge < -0.3 is 20.1 Å². The quantitative estimate of drug-likeness (QED) is 0.303. The molecule has 3 aromatic carbocycles. The smallest absolute Gasteiger partial charge is 0.415 e. The summed E-state index contributed by atoms with van der Waals surface area (Å²) in [5.74, 6) is -1.47. The SMILES string of the molecule is O=C(N[C@@H](Cc1ccc(OC(=O)N2CCCC2)cc1)C(=O)O)c1ccc(CNS(=O)(=O)c2cc(Cl)cc(Cl)c2)cc1. The average Bonchev–Trinajstić information content (AvgIpc) is 3.48. The highest BCUT2D eigenvalue weighted by molar-refractivity contribution is 7.89. The molecule has 0 radical (unpaired) electrons. The highest BCUT2D eigenvalue weighted by atomic mass is 35.5. The van der Waals surface area contributed by atoms with Gasteiger partial charge >= 0.3 is 12.1 Å². The number of benzene rings is 3. The predicted octanol–water partition coefficient (Wildman–Crippen LogP) is 4.49. The van der Waals surface area contributed by atoms with Gasteiger partial charge in [-0.25, -0.2) is 22.7 Å². The molecule has 0 spiro atoms. The Balaban J connectivity index is 1.32. The van der Waals surface area contributed by atoms with Crippen molar-refractivity contribution < 1.29 is 32.6 Å². The fraction of sp³-hybridized carbons (Fsp3) is 0.250. The molecule has 0 aliphatic carbocycles. The zero-order valence-corrected chi connectivity index (χ0v) is 24.0. The molecule has 1 aliphatic rings. The van der Waals surface area contributed by atoms with Gasteiger partial charge in [0.05, 0.1) is 4.90 Å². The van der Waals surface area contributed by atoms with Crippen LogP contribution in [0.2, 0.25) is 10.0 Å². The molecule has 3 N–H and O–H groups in total. The number of hydrogen-bond donors (Lipinski definition) is 3. The molecule has 0 unspecified atom stereocenters. The van der Waals surface area contributed by atoms with Crippen molar-refractivity contribution in [1.29, 1.82) is 0 Å². The monoisotopic (exact) mass is 619 g/mol. The molecule has 4 rings (SSSR count). The van der Waals surface area contributed by atoms with Gasteiger partial charge in [-0.1, -0.05) is 47.5 Å². The Morgan fingerprint density at radius 1 is 0.902 bits per heavy atom. The van der Waals surface area contributed by atoms with Crippen LogP contribution in [0.3, 0.4) is 0 Å². The average molecular weight is 621 g/mol. The Hall–Kier alpha value is -3.64. The molecule has 1 atom stereocenters. The van der Waals surface area contributed by atoms with E-state index in [4.69, 9.17) is 27.9 Å². The van der Waals surface area contributed by atoms with E-state index >= 15 is 0 Å². The van der Waals surface area contributed by atoms with Crippen LogP contribution in [0.1, 0.15) is 34.3 Å². The molecule has 2 amide bonds. The number of amides is 2. The van der Waals surface area contributed by atoms with E-state index in [0.29, 0.717) is 30.0 Å². The van der Waals surface area contributed by atoms with Crippen LogP contribution >= 0.6 is 23.2 Å². The summed E-state index contributed by atoms with van der Waals surface area (Å²) < 4.78 is 32.9. The number of carbonyl (C=O) groups is 3. The van der Waals surface area contributed by atoms with Gasteiger partial charge in [-0.2, -0.15) is 0 Å². The third-order valence-electron chi connectivity index (χ3n) is 6.36. The normalized spacial score (nSPS) is 14.0. The summed E-state index contributed by atoms with van der Waals surface area (Å²) in [4.78, 5) is 38.3. The van der Waals surface area contributed by atoms with Crippen molar-refractivity contribution in [1.82, 2.24) is 14.9 Å². The lowest BCUT2D eigenvalue weighted by Gasteiger charge is -2.16. The number of ether oxygens (including phenoxy) is 1. The van der Waals surface area contributed by atoms with Crippen LogP contribution in [-0.4, -0.2) is 55.5 Å². The number of hydrogen-bond acceptors (Lipinski definition) is 6. The molecule has 216 valence electrons. The second-order valence-electron chi connectivity index (χ2n) is 9.40. The number of sulfonamides is 1. The van der Waals surface area contributed by atoms with Crippen LogP contribution in [0, 0.1) is 0 Å². The van der Waals surface area contributed by atoms with Crippen molar-refractivity contribution in [3.05, 3.63) is 93.5 Å². The fourth-order valence-corrected chi connectivity index (χ4v) is 5.90. The summed E-state index contributed by atoms with van der Waals surface area (Å²) in [5, 5.41) is 12.5. The number of carboxylic acids is 1. The van der Waals surface area contributed by atoms with Gasteiger partial charge in [-0.3, -0.25) is 4.79 Å². The Kier molecular flexibility index (Phi) is 9.87. The molecule has 0 aromatic heterocycles. The maximum Gasteiger partial charge on any atom is 0.415 e. The molecule has 10 nitrogen and oxygen atoms in total. The minimum atomic E-state index is -3.89. The highest BCUT2D eigenvalue weighted by Gasteiger charge is 2.23. The van der Waals surface area contributed by atoms with E-state index in [1.807, 2.05) is 0 Å². The van der Waals surface area contributed by atoms with Crippen LogP contribution in [0.5, 0.6) is 5.75 Å². The standard InChI is InChI=1S/C28H27Cl2N3O7S/c29-21-14-22(30)16-24(15-21)41(38,39)31-17-19-3-7-20(8-4-19)26(34)32-25(27(35)36)13-18-5-9-23(10-6-18)40-28(37)33-11-1-2-12-33/h3-10,14-16,25,31H,1-2,11-13,17H2,(H,32,34)(H,35,36)/t25-/m0/s1. The van der Waals surface area contributed by atoms with E-state index in [2.05, 4.69) is 10.0 Å². The molecular formula is C28H27Cl2N3O7S. The number of nitrogens with zero attached hydrogens (tertiary/aromatic N) is 1. The minimum Gasteiger partial charge on any atom is -0.480 e. The first-order chi connectivity index (χ1) is 19.5. The third kappa shape index (κ3) is 8.43. The van der Waals surface area contributed by atoms with Gasteiger partial charge in [0.15, 0.2) is 0 Å². The molecule has 1 aliphatic heterocycles. The molecule has 13 heteroatoms. The molecule has 0 bridgehead atoms. The molecule has 1 saturated heterocycles. The Labute approximate surface area is 247 Å². The summed E-state index contributed by atoms with van der Waals surface area (Å²) in [6, 6.07) is 15.3. The number of nitrogens with one attached hydrogen (secondary N) is 2. The van der Waals surface area contributed by atoms with Crippen LogP contribution < -0.4 is 14.8 Å². The largest absolute Gasteiger partial charge is 0.480 e. The molecule has 41 heavy (non-hydrogen) atoms. The highest BCUT2D eigenvalue weighted by Crippen LogP contribution is 2.22. The lowest BCUT2D eigenvalue weighted by Crippen LogP contribution is -2.42. The number of carboxylic acid groups (broad SMARTS) is 1. The molecular weight excluding hydrogens is 593 g/mol. The van der Waals surface area contributed by atoms with Gasteiger partial charge in [0, 0.05) is 41.7 Å². The van der Waals surface area contributed by atoms with E-state index in [1.165, 1.54) is 30.3 Å². The first-order valence-corrected chi connectivity index (χ1v) is 14.9. The lowest BCUT2D eigenvalue weighted by molar-refractivity contribution is -0.139. The number of halogens is 2. The third-order valence-corrected chi connectivity index (χ3v) is 8.18. The molecule has 3 aromatic rings. The maximum absolute atomic E-state index is 12.8. The van der Waals surface area contributed by atoms with Crippen molar-refractivity contribution in [2.45, 2.75) is 36.7 Å². The van der Waals surface area contributed by atoms with Gasteiger partial charge in [-0.15, -0.1) is 0 Å². The number of carbonyl (C=O) groups excluding carboxylic acids is 2. The topological polar surface area (TPSA) is 142 Å². The van der Waals surface area contributed by atoms with Crippen molar-refractivity contribution in [3.63, 3.8) is 0 Å². The maximum atomic E-state index is 12.8. The van der Waals surface area contributed by atoms with Crippen molar-refractivity contribution in [3.8, 4) is 5.75 Å². The van der Waals surface area contributed by atoms with Crippen molar-refractivity contribution >= 4 is 51.2 Å². The van der Waals surface area contributed by atoms with Gasteiger partial charge in [0.1, 0.15) is 11.8 Å². The Morgan fingerprint density at radius 2 is 1.49 bits per heavy atom. The lowest BCUT2D eigenvalue weighted by atomic mass is 10.0. The number of rotatable bonds is 10. The van der Waals surface area contributed by atoms with Gasteiger partial charge in [-0.05, 0) is 66.4 Å². The summed E-state index contributed by atoms with van der Waals surface area (Å²) in [6.07, 6.45) is 1.49. The van der Waals surface area contributed by atoms with E-state index in [-0.39, 0.29) is 33.5 Å².